The van der Waals surface area contributed by atoms with Crippen LogP contribution in [0.2, 0.25) is 0 Å². The van der Waals surface area contributed by atoms with Crippen molar-refractivity contribution in [2.24, 2.45) is 0 Å². The van der Waals surface area contributed by atoms with E-state index in [4.69, 9.17) is 9.72 Å². The first-order chi connectivity index (χ1) is 16.1. The van der Waals surface area contributed by atoms with Gasteiger partial charge in [-0.1, -0.05) is 90.5 Å². The van der Waals surface area contributed by atoms with E-state index >= 15 is 0 Å². The third-order valence-electron chi connectivity index (χ3n) is 5.71. The molecule has 3 nitrogen and oxygen atoms in total. The molecule has 3 heteroatoms. The van der Waals surface area contributed by atoms with Gasteiger partial charge >= 0.3 is 5.97 Å². The van der Waals surface area contributed by atoms with Crippen molar-refractivity contribution < 1.29 is 9.53 Å². The minimum atomic E-state index is -0.395. The molecule has 0 saturated carbocycles. The second kappa shape index (κ2) is 8.71. The number of carbonyl (C=O) groups is 1. The van der Waals surface area contributed by atoms with Crippen molar-refractivity contribution in [2.45, 2.75) is 13.8 Å². The van der Waals surface area contributed by atoms with E-state index in [1.165, 1.54) is 0 Å². The summed E-state index contributed by atoms with van der Waals surface area (Å²) in [5, 5.41) is 0.800. The summed E-state index contributed by atoms with van der Waals surface area (Å²) >= 11 is 0. The van der Waals surface area contributed by atoms with Gasteiger partial charge in [-0.05, 0) is 43.2 Å². The molecule has 4 aromatic carbocycles. The van der Waals surface area contributed by atoms with E-state index in [2.05, 4.69) is 6.07 Å². The Morgan fingerprint density at radius 3 is 2.09 bits per heavy atom. The quantitative estimate of drug-likeness (QED) is 0.221. The maximum absolute atomic E-state index is 13.6. The molecule has 0 atom stereocenters. The van der Waals surface area contributed by atoms with Crippen LogP contribution in [0.1, 0.15) is 21.5 Å². The van der Waals surface area contributed by atoms with Crippen molar-refractivity contribution in [3.8, 4) is 28.1 Å². The lowest BCUT2D eigenvalue weighted by Gasteiger charge is -2.14. The number of para-hydroxylation sites is 1. The Morgan fingerprint density at radius 1 is 0.727 bits per heavy atom. The summed E-state index contributed by atoms with van der Waals surface area (Å²) in [7, 11) is 0. The Morgan fingerprint density at radius 2 is 1.36 bits per heavy atom. The van der Waals surface area contributed by atoms with Gasteiger partial charge in [-0.3, -0.25) is 0 Å². The zero-order valence-corrected chi connectivity index (χ0v) is 18.6. The lowest BCUT2D eigenvalue weighted by atomic mass is 9.99. The monoisotopic (exact) mass is 429 g/mol. The van der Waals surface area contributed by atoms with Gasteiger partial charge in [0, 0.05) is 16.5 Å². The van der Waals surface area contributed by atoms with Gasteiger partial charge in [0.1, 0.15) is 5.75 Å². The van der Waals surface area contributed by atoms with Crippen LogP contribution in [0.25, 0.3) is 33.3 Å². The zero-order valence-electron chi connectivity index (χ0n) is 18.6. The van der Waals surface area contributed by atoms with Crippen LogP contribution in [-0.4, -0.2) is 11.0 Å². The van der Waals surface area contributed by atoms with Crippen molar-refractivity contribution in [2.75, 3.05) is 0 Å². The Kier molecular flexibility index (Phi) is 5.45. The maximum atomic E-state index is 13.6. The van der Waals surface area contributed by atoms with Crippen molar-refractivity contribution in [3.63, 3.8) is 0 Å². The van der Waals surface area contributed by atoms with Crippen molar-refractivity contribution in [1.29, 1.82) is 0 Å². The van der Waals surface area contributed by atoms with Gasteiger partial charge < -0.3 is 4.74 Å². The third-order valence-corrected chi connectivity index (χ3v) is 5.71. The number of pyridine rings is 1. The van der Waals surface area contributed by atoms with Crippen LogP contribution < -0.4 is 4.74 Å². The number of nitrogens with zero attached hydrogens (tertiary/aromatic N) is 1. The summed E-state index contributed by atoms with van der Waals surface area (Å²) in [5.74, 6) is 0.136. The molecular weight excluding hydrogens is 406 g/mol. The number of esters is 1. The Hall–Kier alpha value is -4.24. The molecule has 0 saturated heterocycles. The Bertz CT molecular complexity index is 1460. The van der Waals surface area contributed by atoms with E-state index in [9.17, 15) is 4.79 Å². The fraction of sp³-hybridized carbons (Fsp3) is 0.0667. The van der Waals surface area contributed by atoms with Gasteiger partial charge in [0.25, 0.3) is 0 Å². The third kappa shape index (κ3) is 4.13. The fourth-order valence-corrected chi connectivity index (χ4v) is 4.17. The summed E-state index contributed by atoms with van der Waals surface area (Å²) in [6.45, 7) is 4.05. The number of fused-ring (bicyclic) bond motifs is 1. The highest BCUT2D eigenvalue weighted by atomic mass is 16.5. The number of aryl methyl sites for hydroxylation is 2. The molecule has 0 bridgehead atoms. The summed E-state index contributed by atoms with van der Waals surface area (Å²) in [6, 6.07) is 33.4. The minimum Gasteiger partial charge on any atom is -0.422 e. The van der Waals surface area contributed by atoms with Crippen LogP contribution in [0, 0.1) is 13.8 Å². The number of hydrogen-bond acceptors (Lipinski definition) is 3. The molecule has 0 aliphatic rings. The normalized spacial score (nSPS) is 10.8. The Balaban J connectivity index is 1.64. The number of hydrogen-bond donors (Lipinski definition) is 0. The van der Waals surface area contributed by atoms with E-state index < -0.39 is 5.97 Å². The lowest BCUT2D eigenvalue weighted by Crippen LogP contribution is -2.11. The number of aromatic nitrogens is 1. The highest BCUT2D eigenvalue weighted by Gasteiger charge is 2.19. The molecule has 1 aromatic heterocycles. The first-order valence-electron chi connectivity index (χ1n) is 10.9. The summed E-state index contributed by atoms with van der Waals surface area (Å²) in [5.41, 5.74) is 7.00. The molecule has 5 rings (SSSR count). The molecule has 0 aliphatic heterocycles. The van der Waals surface area contributed by atoms with Gasteiger partial charge in [-0.25, -0.2) is 9.78 Å². The molecule has 33 heavy (non-hydrogen) atoms. The molecule has 0 unspecified atom stereocenters. The van der Waals surface area contributed by atoms with Crippen LogP contribution in [0.5, 0.6) is 5.75 Å². The molecule has 0 fully saturated rings. The second-order valence-electron chi connectivity index (χ2n) is 8.15. The predicted molar refractivity (Wildman–Crippen MR) is 133 cm³/mol. The number of ether oxygens (including phenoxy) is 1. The number of carbonyl (C=O) groups excluding carboxylic acids is 1. The molecule has 5 aromatic rings. The van der Waals surface area contributed by atoms with Gasteiger partial charge in [-0.15, -0.1) is 0 Å². The summed E-state index contributed by atoms with van der Waals surface area (Å²) in [6.07, 6.45) is 0. The SMILES string of the molecule is Cc1cc(C)c2nc(-c3ccccc3)cc(C(=O)Oc3ccccc3-c3ccccc3)c2c1. The van der Waals surface area contributed by atoms with Crippen LogP contribution in [-0.2, 0) is 0 Å². The van der Waals surface area contributed by atoms with Gasteiger partial charge in [0.2, 0.25) is 0 Å². The standard InChI is InChI=1S/C30H23NO2/c1-20-17-21(2)29-25(18-20)26(19-27(31-29)23-13-7-4-8-14-23)30(32)33-28-16-10-9-15-24(28)22-11-5-3-6-12-22/h3-19H,1-2H3. The van der Waals surface area contributed by atoms with E-state index in [0.717, 1.165) is 44.4 Å². The average molecular weight is 430 g/mol. The Labute approximate surface area is 193 Å². The predicted octanol–water partition coefficient (Wildman–Crippen LogP) is 7.40. The zero-order chi connectivity index (χ0) is 22.8. The van der Waals surface area contributed by atoms with E-state index in [0.29, 0.717) is 11.3 Å². The molecule has 0 aliphatic carbocycles. The van der Waals surface area contributed by atoms with Crippen LogP contribution in [0.3, 0.4) is 0 Å². The molecule has 0 radical (unpaired) electrons. The largest absolute Gasteiger partial charge is 0.422 e. The van der Waals surface area contributed by atoms with Crippen LogP contribution in [0.4, 0.5) is 0 Å². The van der Waals surface area contributed by atoms with Gasteiger partial charge in [0.15, 0.2) is 0 Å². The first kappa shape index (κ1) is 20.7. The van der Waals surface area contributed by atoms with E-state index in [-0.39, 0.29) is 0 Å². The number of benzene rings is 4. The van der Waals surface area contributed by atoms with Gasteiger partial charge in [0.05, 0.1) is 16.8 Å². The topological polar surface area (TPSA) is 39.2 Å². The molecule has 160 valence electrons. The van der Waals surface area contributed by atoms with Crippen molar-refractivity contribution >= 4 is 16.9 Å². The highest BCUT2D eigenvalue weighted by Crippen LogP contribution is 2.32. The minimum absolute atomic E-state index is 0.395. The average Bonchev–Trinajstić information content (AvgIpc) is 2.85. The van der Waals surface area contributed by atoms with Crippen molar-refractivity contribution in [1.82, 2.24) is 4.98 Å². The number of rotatable bonds is 4. The molecular formula is C30H23NO2. The first-order valence-corrected chi connectivity index (χ1v) is 10.9. The van der Waals surface area contributed by atoms with Crippen LogP contribution >= 0.6 is 0 Å². The highest BCUT2D eigenvalue weighted by molar-refractivity contribution is 6.06. The summed E-state index contributed by atoms with van der Waals surface area (Å²) in [4.78, 5) is 18.5. The van der Waals surface area contributed by atoms with E-state index in [1.54, 1.807) is 0 Å². The summed E-state index contributed by atoms with van der Waals surface area (Å²) < 4.78 is 6.00. The lowest BCUT2D eigenvalue weighted by molar-refractivity contribution is 0.0737. The molecule has 0 amide bonds. The molecule has 0 spiro atoms. The van der Waals surface area contributed by atoms with Crippen LogP contribution in [0.15, 0.2) is 103 Å². The molecule has 0 N–H and O–H groups in total. The molecule has 1 heterocycles. The fourth-order valence-electron chi connectivity index (χ4n) is 4.17. The van der Waals surface area contributed by atoms with Gasteiger partial charge in [-0.2, -0.15) is 0 Å². The smallest absolute Gasteiger partial charge is 0.344 e. The van der Waals surface area contributed by atoms with E-state index in [1.807, 2.05) is 111 Å². The second-order valence-corrected chi connectivity index (χ2v) is 8.15. The maximum Gasteiger partial charge on any atom is 0.344 e. The van der Waals surface area contributed by atoms with Crippen molar-refractivity contribution in [3.05, 3.63) is 120 Å².